The predicted molar refractivity (Wildman–Crippen MR) is 110 cm³/mol. The minimum Gasteiger partial charge on any atom is -0.481 e. The number of aliphatic carboxylic acids is 1. The van der Waals surface area contributed by atoms with Crippen LogP contribution in [0.4, 0.5) is 0 Å². The molecule has 2 aromatic rings. The van der Waals surface area contributed by atoms with Crippen molar-refractivity contribution in [2.75, 3.05) is 6.54 Å². The Morgan fingerprint density at radius 2 is 1.59 bits per heavy atom. The lowest BCUT2D eigenvalue weighted by molar-refractivity contribution is -0.137. The number of nitrogens with one attached hydrogen (secondary N) is 1. The van der Waals surface area contributed by atoms with Crippen LogP contribution in [0, 0.1) is 5.92 Å². The maximum atomic E-state index is 11.0. The van der Waals surface area contributed by atoms with E-state index in [2.05, 4.69) is 59.9 Å². The lowest BCUT2D eigenvalue weighted by Gasteiger charge is -2.30. The molecule has 0 radical (unpaired) electrons. The standard InChI is InChI=1S/C24H31NO2/c26-24(27)16-15-23(17-19-7-3-1-4-8-19)25-18-20-11-13-22(14-12-20)21-9-5-2-6-10-21/h1-10,20,22-23,25H,11-18H2,(H,26,27). The smallest absolute Gasteiger partial charge is 0.303 e. The molecule has 0 saturated heterocycles. The number of rotatable bonds is 9. The van der Waals surface area contributed by atoms with E-state index in [0.29, 0.717) is 18.3 Å². The summed E-state index contributed by atoms with van der Waals surface area (Å²) in [5.74, 6) is 0.695. The topological polar surface area (TPSA) is 49.3 Å². The molecular weight excluding hydrogens is 334 g/mol. The van der Waals surface area contributed by atoms with Crippen LogP contribution in [-0.2, 0) is 11.2 Å². The summed E-state index contributed by atoms with van der Waals surface area (Å²) in [6, 6.07) is 21.5. The Morgan fingerprint density at radius 3 is 2.22 bits per heavy atom. The van der Waals surface area contributed by atoms with Crippen LogP contribution in [0.2, 0.25) is 0 Å². The van der Waals surface area contributed by atoms with Crippen LogP contribution in [-0.4, -0.2) is 23.7 Å². The van der Waals surface area contributed by atoms with Crippen molar-refractivity contribution in [1.82, 2.24) is 5.32 Å². The molecule has 3 heteroatoms. The van der Waals surface area contributed by atoms with Gasteiger partial charge in [0.15, 0.2) is 0 Å². The van der Waals surface area contributed by atoms with Crippen molar-refractivity contribution in [3.63, 3.8) is 0 Å². The molecule has 0 aromatic heterocycles. The molecule has 27 heavy (non-hydrogen) atoms. The monoisotopic (exact) mass is 365 g/mol. The van der Waals surface area contributed by atoms with Crippen LogP contribution < -0.4 is 5.32 Å². The zero-order valence-corrected chi connectivity index (χ0v) is 16.0. The molecule has 1 unspecified atom stereocenters. The molecule has 1 aliphatic rings. The first-order valence-corrected chi connectivity index (χ1v) is 10.2. The minimum absolute atomic E-state index is 0.227. The van der Waals surface area contributed by atoms with Crippen LogP contribution in [0.15, 0.2) is 60.7 Å². The van der Waals surface area contributed by atoms with E-state index >= 15 is 0 Å². The summed E-state index contributed by atoms with van der Waals surface area (Å²) in [5.41, 5.74) is 2.75. The first kappa shape index (κ1) is 19.6. The first-order chi connectivity index (χ1) is 13.2. The average Bonchev–Trinajstić information content (AvgIpc) is 2.72. The van der Waals surface area contributed by atoms with E-state index in [9.17, 15) is 4.79 Å². The van der Waals surface area contributed by atoms with Gasteiger partial charge in [0.25, 0.3) is 0 Å². The second-order valence-corrected chi connectivity index (χ2v) is 7.86. The second kappa shape index (κ2) is 10.3. The van der Waals surface area contributed by atoms with E-state index in [-0.39, 0.29) is 12.5 Å². The molecule has 1 atom stereocenters. The lowest BCUT2D eigenvalue weighted by Crippen LogP contribution is -2.36. The highest BCUT2D eigenvalue weighted by atomic mass is 16.4. The molecule has 3 rings (SSSR count). The highest BCUT2D eigenvalue weighted by Gasteiger charge is 2.23. The molecule has 1 saturated carbocycles. The van der Waals surface area contributed by atoms with E-state index in [1.165, 1.54) is 36.8 Å². The van der Waals surface area contributed by atoms with Gasteiger partial charge in [-0.1, -0.05) is 60.7 Å². The number of carboxylic acid groups (broad SMARTS) is 1. The Labute approximate surface area is 162 Å². The Balaban J connectivity index is 1.47. The van der Waals surface area contributed by atoms with Gasteiger partial charge in [0.1, 0.15) is 0 Å². The molecule has 0 bridgehead atoms. The van der Waals surface area contributed by atoms with E-state index in [0.717, 1.165) is 13.0 Å². The van der Waals surface area contributed by atoms with Gasteiger partial charge in [-0.15, -0.1) is 0 Å². The van der Waals surface area contributed by atoms with E-state index in [4.69, 9.17) is 5.11 Å². The molecule has 2 N–H and O–H groups in total. The molecule has 1 aliphatic carbocycles. The lowest BCUT2D eigenvalue weighted by atomic mass is 9.78. The van der Waals surface area contributed by atoms with Gasteiger partial charge < -0.3 is 10.4 Å². The Morgan fingerprint density at radius 1 is 0.963 bits per heavy atom. The van der Waals surface area contributed by atoms with Crippen molar-refractivity contribution >= 4 is 5.97 Å². The summed E-state index contributed by atoms with van der Waals surface area (Å²) in [5, 5.41) is 12.7. The van der Waals surface area contributed by atoms with Gasteiger partial charge in [0.05, 0.1) is 0 Å². The van der Waals surface area contributed by atoms with Gasteiger partial charge in [-0.2, -0.15) is 0 Å². The van der Waals surface area contributed by atoms with Crippen LogP contribution in [0.1, 0.15) is 55.6 Å². The summed E-state index contributed by atoms with van der Waals surface area (Å²) >= 11 is 0. The summed E-state index contributed by atoms with van der Waals surface area (Å²) in [7, 11) is 0. The van der Waals surface area contributed by atoms with Crippen LogP contribution in [0.25, 0.3) is 0 Å². The second-order valence-electron chi connectivity index (χ2n) is 7.86. The number of benzene rings is 2. The highest BCUT2D eigenvalue weighted by Crippen LogP contribution is 2.35. The SMILES string of the molecule is O=C(O)CCC(Cc1ccccc1)NCC1CCC(c2ccccc2)CC1. The molecule has 0 heterocycles. The number of carboxylic acids is 1. The van der Waals surface area contributed by atoms with Crippen molar-refractivity contribution in [2.24, 2.45) is 5.92 Å². The van der Waals surface area contributed by atoms with Gasteiger partial charge in [-0.05, 0) is 68.0 Å². The number of hydrogen-bond donors (Lipinski definition) is 2. The molecule has 0 aliphatic heterocycles. The molecule has 0 amide bonds. The highest BCUT2D eigenvalue weighted by molar-refractivity contribution is 5.66. The largest absolute Gasteiger partial charge is 0.481 e. The van der Waals surface area contributed by atoms with Gasteiger partial charge in [0.2, 0.25) is 0 Å². The van der Waals surface area contributed by atoms with Crippen molar-refractivity contribution in [1.29, 1.82) is 0 Å². The number of carbonyl (C=O) groups is 1. The van der Waals surface area contributed by atoms with E-state index in [1.807, 2.05) is 6.07 Å². The maximum absolute atomic E-state index is 11.0. The summed E-state index contributed by atoms with van der Waals surface area (Å²) < 4.78 is 0. The third kappa shape index (κ3) is 6.51. The maximum Gasteiger partial charge on any atom is 0.303 e. The van der Waals surface area contributed by atoms with Crippen molar-refractivity contribution in [3.05, 3.63) is 71.8 Å². The van der Waals surface area contributed by atoms with E-state index in [1.54, 1.807) is 0 Å². The predicted octanol–water partition coefficient (Wildman–Crippen LogP) is 5.03. The van der Waals surface area contributed by atoms with Gasteiger partial charge in [-0.25, -0.2) is 0 Å². The van der Waals surface area contributed by atoms with Crippen LogP contribution >= 0.6 is 0 Å². The zero-order valence-electron chi connectivity index (χ0n) is 16.0. The van der Waals surface area contributed by atoms with Crippen molar-refractivity contribution < 1.29 is 9.90 Å². The molecular formula is C24H31NO2. The third-order valence-electron chi connectivity index (χ3n) is 5.84. The molecule has 2 aromatic carbocycles. The fourth-order valence-corrected chi connectivity index (χ4v) is 4.23. The summed E-state index contributed by atoms with van der Waals surface area (Å²) in [4.78, 5) is 11.0. The van der Waals surface area contributed by atoms with Crippen molar-refractivity contribution in [3.8, 4) is 0 Å². The summed E-state index contributed by atoms with van der Waals surface area (Å²) in [6.45, 7) is 0.999. The zero-order chi connectivity index (χ0) is 18.9. The van der Waals surface area contributed by atoms with Gasteiger partial charge in [0, 0.05) is 12.5 Å². The minimum atomic E-state index is -0.710. The molecule has 1 fully saturated rings. The Bertz CT molecular complexity index is 678. The van der Waals surface area contributed by atoms with E-state index < -0.39 is 5.97 Å². The average molecular weight is 366 g/mol. The van der Waals surface area contributed by atoms with Crippen molar-refractivity contribution in [2.45, 2.75) is 56.9 Å². The molecule has 3 nitrogen and oxygen atoms in total. The fraction of sp³-hybridized carbons (Fsp3) is 0.458. The first-order valence-electron chi connectivity index (χ1n) is 10.2. The van der Waals surface area contributed by atoms with Gasteiger partial charge >= 0.3 is 5.97 Å². The summed E-state index contributed by atoms with van der Waals surface area (Å²) in [6.07, 6.45) is 6.83. The van der Waals surface area contributed by atoms with Crippen LogP contribution in [0.5, 0.6) is 0 Å². The van der Waals surface area contributed by atoms with Gasteiger partial charge in [-0.3, -0.25) is 4.79 Å². The molecule has 0 spiro atoms. The quantitative estimate of drug-likeness (QED) is 0.655. The normalized spacial score (nSPS) is 20.9. The molecule has 144 valence electrons. The third-order valence-corrected chi connectivity index (χ3v) is 5.84. The number of hydrogen-bond acceptors (Lipinski definition) is 2. The van der Waals surface area contributed by atoms with Crippen LogP contribution in [0.3, 0.4) is 0 Å². The Kier molecular flexibility index (Phi) is 7.46. The Hall–Kier alpha value is -2.13. The fourth-order valence-electron chi connectivity index (χ4n) is 4.23.